The van der Waals surface area contributed by atoms with Crippen LogP contribution in [0.3, 0.4) is 0 Å². The molecule has 2 saturated carbocycles. The van der Waals surface area contributed by atoms with Gasteiger partial charge in [0.25, 0.3) is 0 Å². The number of hydrogen-bond acceptors (Lipinski definition) is 1. The van der Waals surface area contributed by atoms with Gasteiger partial charge in [-0.1, -0.05) is 62.4 Å². The van der Waals surface area contributed by atoms with E-state index in [1.807, 2.05) is 18.2 Å². The van der Waals surface area contributed by atoms with Crippen LogP contribution in [0.25, 0.3) is 0 Å². The second-order valence-electron chi connectivity index (χ2n) is 10.5. The summed E-state index contributed by atoms with van der Waals surface area (Å²) in [4.78, 5) is 2.39. The van der Waals surface area contributed by atoms with E-state index < -0.39 is 23.2 Å². The van der Waals surface area contributed by atoms with Crippen LogP contribution >= 0.6 is 0 Å². The second kappa shape index (κ2) is 10.0. The smallest absolute Gasteiger partial charge is 0.300 e. The summed E-state index contributed by atoms with van der Waals surface area (Å²) in [6, 6.07) is 14.9. The van der Waals surface area contributed by atoms with Crippen molar-refractivity contribution in [1.29, 1.82) is 0 Å². The Kier molecular flexibility index (Phi) is 7.53. The van der Waals surface area contributed by atoms with Crippen LogP contribution in [0.1, 0.15) is 74.6 Å². The molecule has 0 spiro atoms. The van der Waals surface area contributed by atoms with Gasteiger partial charge in [0.05, 0.1) is 10.8 Å². The Labute approximate surface area is 209 Å². The largest absolute Gasteiger partial charge is 0.398 e. The van der Waals surface area contributed by atoms with Crippen molar-refractivity contribution in [1.82, 2.24) is 4.90 Å². The zero-order chi connectivity index (χ0) is 26.2. The first-order chi connectivity index (χ1) is 17.0. The minimum atomic E-state index is -4.55. The molecule has 1 unspecified atom stereocenters. The summed E-state index contributed by atoms with van der Waals surface area (Å²) in [7, 11) is 0. The maximum Gasteiger partial charge on any atom is 0.398 e. The lowest BCUT2D eigenvalue weighted by atomic mass is 9.81. The van der Waals surface area contributed by atoms with Gasteiger partial charge in [-0.2, -0.15) is 26.3 Å². The van der Waals surface area contributed by atoms with Crippen molar-refractivity contribution in [2.75, 3.05) is 13.1 Å². The highest BCUT2D eigenvalue weighted by Crippen LogP contribution is 2.66. The van der Waals surface area contributed by atoms with Crippen LogP contribution in [-0.4, -0.2) is 36.4 Å². The van der Waals surface area contributed by atoms with Gasteiger partial charge in [-0.25, -0.2) is 0 Å². The highest BCUT2D eigenvalue weighted by atomic mass is 19.4. The first kappa shape index (κ1) is 27.0. The van der Waals surface area contributed by atoms with Crippen molar-refractivity contribution >= 4 is 0 Å². The predicted molar refractivity (Wildman–Crippen MR) is 130 cm³/mol. The summed E-state index contributed by atoms with van der Waals surface area (Å²) >= 11 is 0. The molecule has 0 bridgehead atoms. The fraction of sp³-hybridized carbons (Fsp3) is 0.586. The third-order valence-corrected chi connectivity index (χ3v) is 8.39. The first-order valence-corrected chi connectivity index (χ1v) is 13.0. The fourth-order valence-electron chi connectivity index (χ4n) is 5.72. The summed E-state index contributed by atoms with van der Waals surface area (Å²) < 4.78 is 83.9. The van der Waals surface area contributed by atoms with Crippen LogP contribution in [-0.2, 0) is 23.7 Å². The summed E-state index contributed by atoms with van der Waals surface area (Å²) in [6.07, 6.45) is -6.54. The molecule has 198 valence electrons. The van der Waals surface area contributed by atoms with E-state index in [1.54, 1.807) is 6.07 Å². The maximum absolute atomic E-state index is 14.1. The Hall–Kier alpha value is -2.02. The average Bonchev–Trinajstić information content (AvgIpc) is 3.74. The average molecular weight is 512 g/mol. The van der Waals surface area contributed by atoms with E-state index in [4.69, 9.17) is 0 Å². The molecule has 0 aliphatic heterocycles. The molecule has 0 amide bonds. The third kappa shape index (κ3) is 5.18. The number of hydrogen-bond donors (Lipinski definition) is 0. The molecule has 0 aromatic heterocycles. The van der Waals surface area contributed by atoms with E-state index in [1.165, 1.54) is 17.7 Å². The van der Waals surface area contributed by atoms with E-state index in [-0.39, 0.29) is 42.9 Å². The van der Waals surface area contributed by atoms with Gasteiger partial charge in [-0.05, 0) is 80.2 Å². The van der Waals surface area contributed by atoms with E-state index in [0.717, 1.165) is 32.4 Å². The van der Waals surface area contributed by atoms with E-state index in [2.05, 4.69) is 30.9 Å². The predicted octanol–water partition coefficient (Wildman–Crippen LogP) is 8.15. The lowest BCUT2D eigenvalue weighted by Gasteiger charge is -2.31. The Morgan fingerprint density at radius 3 is 1.83 bits per heavy atom. The molecule has 2 aliphatic carbocycles. The quantitative estimate of drug-likeness (QED) is 0.275. The molecule has 2 aromatic carbocycles. The molecule has 0 saturated heterocycles. The standard InChI is InChI=1S/C29H35F6N/c1-3-23(36(4-2)19-14-21-8-6-5-7-9-21)12-10-22-11-13-24(26(15-16-26)28(30,31)32)25(20-22)27(17-18-27)29(33,34)35/h5-9,11,13,20,23H,3-4,10,12,14-19H2,1-2H3. The Morgan fingerprint density at radius 2 is 1.33 bits per heavy atom. The molecule has 36 heavy (non-hydrogen) atoms. The highest BCUT2D eigenvalue weighted by Gasteiger charge is 2.70. The molecule has 0 heterocycles. The van der Waals surface area contributed by atoms with Crippen LogP contribution in [0.2, 0.25) is 0 Å². The van der Waals surface area contributed by atoms with Crippen LogP contribution in [0, 0.1) is 0 Å². The summed E-state index contributed by atoms with van der Waals surface area (Å²) in [5.41, 5.74) is -2.59. The minimum Gasteiger partial charge on any atom is -0.300 e. The fourth-order valence-corrected chi connectivity index (χ4v) is 5.72. The van der Waals surface area contributed by atoms with Crippen molar-refractivity contribution in [2.45, 2.75) is 94.4 Å². The normalized spacial score (nSPS) is 19.4. The van der Waals surface area contributed by atoms with Gasteiger partial charge in [0.15, 0.2) is 0 Å². The summed E-state index contributed by atoms with van der Waals surface area (Å²) in [6.45, 7) is 5.95. The van der Waals surface area contributed by atoms with Gasteiger partial charge in [0, 0.05) is 12.6 Å². The topological polar surface area (TPSA) is 3.24 Å². The maximum atomic E-state index is 14.1. The van der Waals surface area contributed by atoms with Crippen molar-refractivity contribution in [3.63, 3.8) is 0 Å². The Morgan fingerprint density at radius 1 is 0.750 bits per heavy atom. The van der Waals surface area contributed by atoms with Gasteiger partial charge in [-0.15, -0.1) is 0 Å². The van der Waals surface area contributed by atoms with E-state index in [0.29, 0.717) is 12.0 Å². The van der Waals surface area contributed by atoms with Gasteiger partial charge in [-0.3, -0.25) is 0 Å². The molecule has 4 rings (SSSR count). The number of benzene rings is 2. The van der Waals surface area contributed by atoms with Gasteiger partial charge >= 0.3 is 12.4 Å². The van der Waals surface area contributed by atoms with Gasteiger partial charge in [0.1, 0.15) is 0 Å². The molecule has 2 aromatic rings. The molecule has 1 nitrogen and oxygen atoms in total. The number of aryl methyl sites for hydroxylation is 1. The summed E-state index contributed by atoms with van der Waals surface area (Å²) in [5.74, 6) is 0. The van der Waals surface area contributed by atoms with E-state index >= 15 is 0 Å². The summed E-state index contributed by atoms with van der Waals surface area (Å²) in [5, 5.41) is 0. The Balaban J connectivity index is 1.54. The number of rotatable bonds is 11. The highest BCUT2D eigenvalue weighted by molar-refractivity contribution is 5.50. The van der Waals surface area contributed by atoms with Crippen LogP contribution in [0.15, 0.2) is 48.5 Å². The van der Waals surface area contributed by atoms with Crippen molar-refractivity contribution in [3.05, 3.63) is 70.8 Å². The van der Waals surface area contributed by atoms with Gasteiger partial charge in [0.2, 0.25) is 0 Å². The lowest BCUT2D eigenvalue weighted by molar-refractivity contribution is -0.167. The lowest BCUT2D eigenvalue weighted by Crippen LogP contribution is -2.37. The SMILES string of the molecule is CCC(CCc1ccc(C2(C(F)(F)F)CC2)c(C2(C(F)(F)F)CC2)c1)N(CC)CCc1ccccc1. The monoisotopic (exact) mass is 511 g/mol. The zero-order valence-corrected chi connectivity index (χ0v) is 21.0. The molecule has 7 heteroatoms. The van der Waals surface area contributed by atoms with Crippen LogP contribution < -0.4 is 0 Å². The molecule has 1 atom stereocenters. The molecular weight excluding hydrogens is 476 g/mol. The molecule has 0 radical (unpaired) electrons. The van der Waals surface area contributed by atoms with Crippen molar-refractivity contribution < 1.29 is 26.3 Å². The van der Waals surface area contributed by atoms with Crippen molar-refractivity contribution in [2.24, 2.45) is 0 Å². The number of halogens is 6. The number of alkyl halides is 6. The Bertz CT molecular complexity index is 1020. The molecule has 2 fully saturated rings. The number of likely N-dealkylation sites (N-methyl/N-ethyl adjacent to an activating group) is 1. The van der Waals surface area contributed by atoms with Crippen molar-refractivity contribution in [3.8, 4) is 0 Å². The van der Waals surface area contributed by atoms with Gasteiger partial charge < -0.3 is 4.90 Å². The minimum absolute atomic E-state index is 0.133. The van der Waals surface area contributed by atoms with E-state index in [9.17, 15) is 26.3 Å². The molecule has 0 N–H and O–H groups in total. The first-order valence-electron chi connectivity index (χ1n) is 13.0. The molecule has 2 aliphatic rings. The molecular formula is C29H35F6N. The number of nitrogens with zero attached hydrogens (tertiary/aromatic N) is 1. The third-order valence-electron chi connectivity index (χ3n) is 8.39. The zero-order valence-electron chi connectivity index (χ0n) is 21.0. The van der Waals surface area contributed by atoms with Crippen LogP contribution in [0.5, 0.6) is 0 Å². The second-order valence-corrected chi connectivity index (χ2v) is 10.5. The van der Waals surface area contributed by atoms with Crippen LogP contribution in [0.4, 0.5) is 26.3 Å².